The predicted octanol–water partition coefficient (Wildman–Crippen LogP) is 2.63. The maximum absolute atomic E-state index is 14.1. The third-order valence-electron chi connectivity index (χ3n) is 11.4. The smallest absolute Gasteiger partial charge is 0.261 e. The van der Waals surface area contributed by atoms with E-state index < -0.39 is 24.0 Å². The largest absolute Gasteiger partial charge is 0.484 e. The van der Waals surface area contributed by atoms with Crippen molar-refractivity contribution in [3.8, 4) is 5.75 Å². The number of ether oxygens (including phenoxy) is 1. The number of para-hydroxylation sites is 1. The number of nitrogens with zero attached hydrogens (tertiary/aromatic N) is 3. The van der Waals surface area contributed by atoms with Gasteiger partial charge in [0.1, 0.15) is 11.8 Å². The van der Waals surface area contributed by atoms with Gasteiger partial charge in [-0.15, -0.1) is 0 Å². The van der Waals surface area contributed by atoms with Gasteiger partial charge in [-0.3, -0.25) is 24.1 Å². The van der Waals surface area contributed by atoms with Crippen LogP contribution in [0.1, 0.15) is 62.5 Å². The van der Waals surface area contributed by atoms with Crippen LogP contribution < -0.4 is 20.7 Å². The van der Waals surface area contributed by atoms with Gasteiger partial charge in [-0.25, -0.2) is 8.78 Å². The van der Waals surface area contributed by atoms with Crippen molar-refractivity contribution in [3.63, 3.8) is 0 Å². The fraction of sp³-hybridized carbons (Fsp3) is 0.579. The normalized spacial score (nSPS) is 28.0. The van der Waals surface area contributed by atoms with Gasteiger partial charge in [-0.2, -0.15) is 0 Å². The summed E-state index contributed by atoms with van der Waals surface area (Å²) in [7, 11) is 0. The Labute approximate surface area is 297 Å². The molecule has 2 aromatic carbocycles. The van der Waals surface area contributed by atoms with Gasteiger partial charge in [0.2, 0.25) is 23.6 Å². The van der Waals surface area contributed by atoms with E-state index >= 15 is 0 Å². The topological polar surface area (TPSA) is 123 Å². The van der Waals surface area contributed by atoms with Crippen LogP contribution in [-0.2, 0) is 32.1 Å². The minimum atomic E-state index is -2.61. The summed E-state index contributed by atoms with van der Waals surface area (Å²) in [6.07, 6.45) is 2.86. The Kier molecular flexibility index (Phi) is 10.6. The molecule has 4 atom stereocenters. The fourth-order valence-corrected chi connectivity index (χ4v) is 8.66. The number of hydrogen-bond donors (Lipinski definition) is 3. The Morgan fingerprint density at radius 1 is 0.863 bits per heavy atom. The molecule has 4 fully saturated rings. The van der Waals surface area contributed by atoms with Crippen molar-refractivity contribution in [2.45, 2.75) is 107 Å². The summed E-state index contributed by atoms with van der Waals surface area (Å²) in [5.74, 6) is -2.83. The first-order valence-corrected chi connectivity index (χ1v) is 18.4. The van der Waals surface area contributed by atoms with E-state index in [9.17, 15) is 28.0 Å². The van der Waals surface area contributed by atoms with E-state index in [-0.39, 0.29) is 80.7 Å². The molecule has 5 heterocycles. The lowest BCUT2D eigenvalue weighted by molar-refractivity contribution is -0.146. The molecule has 4 bridgehead atoms. The molecule has 0 radical (unpaired) electrons. The zero-order valence-corrected chi connectivity index (χ0v) is 28.9. The third kappa shape index (κ3) is 8.35. The van der Waals surface area contributed by atoms with E-state index in [1.807, 2.05) is 47.4 Å². The van der Waals surface area contributed by atoms with Crippen LogP contribution in [0, 0.1) is 0 Å². The molecule has 0 spiro atoms. The second-order valence-corrected chi connectivity index (χ2v) is 14.8. The van der Waals surface area contributed by atoms with Gasteiger partial charge in [0.25, 0.3) is 5.91 Å². The average molecular weight is 707 g/mol. The molecular weight excluding hydrogens is 658 g/mol. The minimum Gasteiger partial charge on any atom is -0.484 e. The summed E-state index contributed by atoms with van der Waals surface area (Å²) in [5.41, 5.74) is 1.63. The van der Waals surface area contributed by atoms with E-state index in [4.69, 9.17) is 4.74 Å². The summed E-state index contributed by atoms with van der Waals surface area (Å²) in [5, 5.41) is 9.81. The second kappa shape index (κ2) is 15.2. The zero-order chi connectivity index (χ0) is 35.5. The quantitative estimate of drug-likeness (QED) is 0.437. The minimum absolute atomic E-state index is 0.00996. The Hall–Kier alpha value is -4.10. The number of fused-ring (bicyclic) bond motifs is 6. The first-order chi connectivity index (χ1) is 24.6. The SMILES string of the molecule is O=C1Cc2ccccc2CNC(=O)[C@@H]2C[C@H](NC3CCC(F)(F)CC3)CN2C2CCN(CC2)C(=O)[C@@H]2C[C@H](CN2C(=O)COc2ccccc2)N1. The van der Waals surface area contributed by atoms with Crippen LogP contribution in [0.15, 0.2) is 54.6 Å². The maximum atomic E-state index is 14.1. The lowest BCUT2D eigenvalue weighted by Gasteiger charge is -2.40. The molecule has 274 valence electrons. The van der Waals surface area contributed by atoms with Gasteiger partial charge >= 0.3 is 0 Å². The first-order valence-electron chi connectivity index (χ1n) is 18.4. The summed E-state index contributed by atoms with van der Waals surface area (Å²) in [4.78, 5) is 60.6. The Balaban J connectivity index is 1.10. The van der Waals surface area contributed by atoms with Crippen molar-refractivity contribution in [1.82, 2.24) is 30.7 Å². The number of likely N-dealkylation sites (tertiary alicyclic amines) is 1. The lowest BCUT2D eigenvalue weighted by atomic mass is 9.91. The average Bonchev–Trinajstić information content (AvgIpc) is 3.75. The number of nitrogens with one attached hydrogen (secondary N) is 3. The third-order valence-corrected chi connectivity index (χ3v) is 11.4. The molecule has 0 unspecified atom stereocenters. The van der Waals surface area contributed by atoms with Crippen molar-refractivity contribution in [1.29, 1.82) is 0 Å². The molecule has 8 rings (SSSR count). The van der Waals surface area contributed by atoms with Crippen LogP contribution in [0.25, 0.3) is 0 Å². The highest BCUT2D eigenvalue weighted by Crippen LogP contribution is 2.35. The van der Waals surface area contributed by atoms with Crippen LogP contribution in [0.4, 0.5) is 8.78 Å². The molecule has 1 saturated carbocycles. The Morgan fingerprint density at radius 2 is 1.57 bits per heavy atom. The molecule has 3 saturated heterocycles. The molecular formula is C38H48F2N6O5. The van der Waals surface area contributed by atoms with Gasteiger partial charge in [-0.05, 0) is 61.8 Å². The summed E-state index contributed by atoms with van der Waals surface area (Å²) >= 11 is 0. The van der Waals surface area contributed by atoms with E-state index in [1.165, 1.54) is 0 Å². The molecule has 51 heavy (non-hydrogen) atoms. The van der Waals surface area contributed by atoms with Crippen molar-refractivity contribution in [2.24, 2.45) is 0 Å². The van der Waals surface area contributed by atoms with Crippen LogP contribution in [0.2, 0.25) is 0 Å². The molecule has 5 aliphatic heterocycles. The number of alkyl halides is 2. The number of piperidine rings is 1. The number of hydrogen-bond acceptors (Lipinski definition) is 7. The zero-order valence-electron chi connectivity index (χ0n) is 28.9. The van der Waals surface area contributed by atoms with Crippen LogP contribution in [0.3, 0.4) is 0 Å². The van der Waals surface area contributed by atoms with Crippen LogP contribution >= 0.6 is 0 Å². The molecule has 3 N–H and O–H groups in total. The van der Waals surface area contributed by atoms with E-state index in [0.717, 1.165) is 11.1 Å². The van der Waals surface area contributed by atoms with Crippen molar-refractivity contribution in [3.05, 3.63) is 65.7 Å². The van der Waals surface area contributed by atoms with E-state index in [2.05, 4.69) is 20.9 Å². The second-order valence-electron chi connectivity index (χ2n) is 14.8. The molecule has 1 aliphatic carbocycles. The number of amides is 4. The first kappa shape index (κ1) is 35.3. The van der Waals surface area contributed by atoms with Gasteiger partial charge in [0.05, 0.1) is 12.5 Å². The highest BCUT2D eigenvalue weighted by molar-refractivity contribution is 5.89. The van der Waals surface area contributed by atoms with E-state index in [1.54, 1.807) is 17.0 Å². The van der Waals surface area contributed by atoms with Crippen molar-refractivity contribution < 1.29 is 32.7 Å². The highest BCUT2D eigenvalue weighted by atomic mass is 19.3. The van der Waals surface area contributed by atoms with Gasteiger partial charge in [0, 0.05) is 69.7 Å². The van der Waals surface area contributed by atoms with Gasteiger partial charge in [0.15, 0.2) is 6.61 Å². The molecule has 6 aliphatic rings. The standard InChI is InChI=1S/C38H48F2N6O5/c39-38(40)14-10-27(11-15-38)42-28-19-32-36(49)41-21-26-7-5-4-6-25(26)18-34(47)43-29-20-33(37(50)44-16-12-30(13-17-44)45(32)22-28)46(23-29)35(48)24-51-31-8-2-1-3-9-31/h1-9,27-30,32-33,42H,10-24H2,(H,41,49)(H,43,47)/t28-,29+,32-,33-/m0/s1. The molecule has 11 nitrogen and oxygen atoms in total. The maximum Gasteiger partial charge on any atom is 0.261 e. The fourth-order valence-electron chi connectivity index (χ4n) is 8.66. The molecule has 0 aromatic heterocycles. The monoisotopic (exact) mass is 706 g/mol. The van der Waals surface area contributed by atoms with Crippen molar-refractivity contribution >= 4 is 23.6 Å². The summed E-state index contributed by atoms with van der Waals surface area (Å²) in [6, 6.07) is 15.1. The number of halogens is 2. The van der Waals surface area contributed by atoms with Gasteiger partial charge in [-0.1, -0.05) is 42.5 Å². The highest BCUT2D eigenvalue weighted by Gasteiger charge is 2.46. The molecule has 13 heteroatoms. The van der Waals surface area contributed by atoms with E-state index in [0.29, 0.717) is 63.9 Å². The number of carbonyl (C=O) groups excluding carboxylic acids is 4. The van der Waals surface area contributed by atoms with Crippen LogP contribution in [-0.4, -0.2) is 113 Å². The predicted molar refractivity (Wildman–Crippen MR) is 185 cm³/mol. The van der Waals surface area contributed by atoms with Crippen LogP contribution in [0.5, 0.6) is 5.75 Å². The lowest BCUT2D eigenvalue weighted by Crippen LogP contribution is -2.55. The van der Waals surface area contributed by atoms with Gasteiger partial charge < -0.3 is 30.5 Å². The number of carbonyl (C=O) groups is 4. The Morgan fingerprint density at radius 3 is 2.31 bits per heavy atom. The molecule has 4 amide bonds. The Bertz CT molecular complexity index is 1580. The molecule has 2 aromatic rings. The summed E-state index contributed by atoms with van der Waals surface area (Å²) in [6.45, 7) is 1.83. The number of rotatable bonds is 5. The summed E-state index contributed by atoms with van der Waals surface area (Å²) < 4.78 is 33.5. The van der Waals surface area contributed by atoms with Crippen molar-refractivity contribution in [2.75, 3.05) is 32.8 Å². The number of benzene rings is 2.